The van der Waals surface area contributed by atoms with E-state index in [4.69, 9.17) is 9.47 Å². The van der Waals surface area contributed by atoms with E-state index in [0.29, 0.717) is 17.2 Å². The van der Waals surface area contributed by atoms with Gasteiger partial charge in [0.25, 0.3) is 0 Å². The third-order valence-electron chi connectivity index (χ3n) is 5.24. The second-order valence-electron chi connectivity index (χ2n) is 6.81. The van der Waals surface area contributed by atoms with Crippen molar-refractivity contribution >= 4 is 23.4 Å². The lowest BCUT2D eigenvalue weighted by molar-refractivity contribution is -0.136. The molecule has 1 unspecified atom stereocenters. The number of hydrogen-bond acceptors (Lipinski definition) is 5. The second kappa shape index (κ2) is 8.23. The minimum absolute atomic E-state index is 0.0268. The fourth-order valence-corrected chi connectivity index (χ4v) is 3.64. The largest absolute Gasteiger partial charge is 0.497 e. The highest BCUT2D eigenvalue weighted by atomic mass is 32.2. The molecule has 1 atom stereocenters. The van der Waals surface area contributed by atoms with Crippen molar-refractivity contribution in [3.63, 3.8) is 0 Å². The van der Waals surface area contributed by atoms with E-state index in [1.165, 1.54) is 10.5 Å². The summed E-state index contributed by atoms with van der Waals surface area (Å²) < 4.78 is 10.6. The van der Waals surface area contributed by atoms with Crippen LogP contribution >= 0.6 is 11.8 Å². The average Bonchev–Trinajstić information content (AvgIpc) is 2.70. The van der Waals surface area contributed by atoms with E-state index in [2.05, 4.69) is 40.7 Å². The van der Waals surface area contributed by atoms with Crippen molar-refractivity contribution in [1.82, 2.24) is 4.90 Å². The molecule has 0 bridgehead atoms. The summed E-state index contributed by atoms with van der Waals surface area (Å²) in [5, 5.41) is 3.02. The summed E-state index contributed by atoms with van der Waals surface area (Å²) in [6.07, 6.45) is 2.90. The molecule has 2 aromatic carbocycles. The van der Waals surface area contributed by atoms with Crippen molar-refractivity contribution in [2.75, 3.05) is 32.3 Å². The van der Waals surface area contributed by atoms with Gasteiger partial charge in [0.2, 0.25) is 5.91 Å². The van der Waals surface area contributed by atoms with Crippen LogP contribution in [0.1, 0.15) is 18.9 Å². The van der Waals surface area contributed by atoms with Gasteiger partial charge in [-0.05, 0) is 49.4 Å². The molecule has 5 nitrogen and oxygen atoms in total. The van der Waals surface area contributed by atoms with E-state index in [9.17, 15) is 4.79 Å². The Morgan fingerprint density at radius 2 is 1.93 bits per heavy atom. The molecular weight excluding hydrogens is 360 g/mol. The number of anilines is 1. The molecule has 27 heavy (non-hydrogen) atoms. The van der Waals surface area contributed by atoms with Crippen LogP contribution in [0.15, 0.2) is 47.4 Å². The number of hydrogen-bond donors (Lipinski definition) is 1. The molecule has 3 rings (SSSR count). The quantitative estimate of drug-likeness (QED) is 0.728. The Morgan fingerprint density at radius 3 is 2.48 bits per heavy atom. The van der Waals surface area contributed by atoms with Gasteiger partial charge in [0.05, 0.1) is 25.4 Å². The molecule has 144 valence electrons. The highest BCUT2D eigenvalue weighted by molar-refractivity contribution is 7.98. The van der Waals surface area contributed by atoms with Crippen LogP contribution < -0.4 is 14.8 Å². The Kier molecular flexibility index (Phi) is 5.97. The lowest BCUT2D eigenvalue weighted by Gasteiger charge is -2.49. The molecule has 1 N–H and O–H groups in total. The summed E-state index contributed by atoms with van der Waals surface area (Å²) in [6.45, 7) is 3.66. The zero-order chi connectivity index (χ0) is 19.4. The number of carbonyl (C=O) groups excluding carboxylic acids is 1. The van der Waals surface area contributed by atoms with Gasteiger partial charge in [-0.1, -0.05) is 12.1 Å². The molecule has 2 aromatic rings. The van der Waals surface area contributed by atoms with Gasteiger partial charge < -0.3 is 14.8 Å². The number of rotatable bonds is 7. The van der Waals surface area contributed by atoms with Crippen LogP contribution in [0.25, 0.3) is 0 Å². The molecule has 1 amide bonds. The van der Waals surface area contributed by atoms with Gasteiger partial charge >= 0.3 is 0 Å². The first-order valence-electron chi connectivity index (χ1n) is 8.91. The normalized spacial score (nSPS) is 19.3. The molecule has 6 heteroatoms. The summed E-state index contributed by atoms with van der Waals surface area (Å²) in [7, 11) is 3.19. The Balaban J connectivity index is 1.72. The van der Waals surface area contributed by atoms with Crippen molar-refractivity contribution in [2.45, 2.75) is 30.3 Å². The molecule has 1 fully saturated rings. The van der Waals surface area contributed by atoms with Crippen LogP contribution in [0.2, 0.25) is 0 Å². The van der Waals surface area contributed by atoms with E-state index in [0.717, 1.165) is 19.5 Å². The Hall–Kier alpha value is -2.18. The van der Waals surface area contributed by atoms with Crippen LogP contribution in [0.5, 0.6) is 11.5 Å². The molecular formula is C21H26N2O3S. The monoisotopic (exact) mass is 386 g/mol. The summed E-state index contributed by atoms with van der Waals surface area (Å²) in [6, 6.07) is 13.9. The predicted octanol–water partition coefficient (Wildman–Crippen LogP) is 4.03. The maximum Gasteiger partial charge on any atom is 0.244 e. The smallest absolute Gasteiger partial charge is 0.244 e. The summed E-state index contributed by atoms with van der Waals surface area (Å²) in [5.74, 6) is 1.27. The average molecular weight is 387 g/mol. The van der Waals surface area contributed by atoms with Crippen molar-refractivity contribution in [3.8, 4) is 11.5 Å². The molecule has 0 aromatic heterocycles. The van der Waals surface area contributed by atoms with Gasteiger partial charge in [0.15, 0.2) is 0 Å². The first-order chi connectivity index (χ1) is 13.0. The van der Waals surface area contributed by atoms with Gasteiger partial charge in [0, 0.05) is 24.1 Å². The molecule has 0 radical (unpaired) electrons. The number of benzene rings is 2. The summed E-state index contributed by atoms with van der Waals surface area (Å²) >= 11 is 1.73. The number of thioether (sulfide) groups is 1. The minimum Gasteiger partial charge on any atom is -0.497 e. The molecule has 1 heterocycles. The van der Waals surface area contributed by atoms with Gasteiger partial charge in [-0.15, -0.1) is 11.8 Å². The third-order valence-corrected chi connectivity index (χ3v) is 5.99. The van der Waals surface area contributed by atoms with Crippen molar-refractivity contribution in [2.24, 2.45) is 0 Å². The van der Waals surface area contributed by atoms with Crippen molar-refractivity contribution in [3.05, 3.63) is 48.0 Å². The number of carbonyl (C=O) groups is 1. The summed E-state index contributed by atoms with van der Waals surface area (Å²) in [4.78, 5) is 16.5. The number of ether oxygens (including phenoxy) is 2. The second-order valence-corrected chi connectivity index (χ2v) is 7.69. The molecule has 0 aliphatic carbocycles. The fourth-order valence-electron chi connectivity index (χ4n) is 3.24. The third kappa shape index (κ3) is 4.06. The van der Waals surface area contributed by atoms with Crippen LogP contribution in [-0.4, -0.2) is 43.4 Å². The fraction of sp³-hybridized carbons (Fsp3) is 0.381. The maximum atomic E-state index is 13.0. The standard InChI is InChI=1S/C21H26N2O3S/c1-21(11-12-23(21)14-15-5-8-17(27-4)9-6-15)20(24)22-18-13-16(25-2)7-10-19(18)26-3/h5-10,13H,11-12,14H2,1-4H3,(H,22,24). The van der Waals surface area contributed by atoms with E-state index in [1.807, 2.05) is 13.0 Å². The molecule has 0 saturated carbocycles. The number of amides is 1. The van der Waals surface area contributed by atoms with Crippen molar-refractivity contribution < 1.29 is 14.3 Å². The number of likely N-dealkylation sites (tertiary alicyclic amines) is 1. The number of methoxy groups -OCH3 is 2. The molecule has 1 saturated heterocycles. The molecule has 1 aliphatic heterocycles. The highest BCUT2D eigenvalue weighted by Gasteiger charge is 2.46. The van der Waals surface area contributed by atoms with Crippen molar-refractivity contribution in [1.29, 1.82) is 0 Å². The Bertz CT molecular complexity index is 810. The SMILES string of the molecule is COc1ccc(OC)c(NC(=O)C2(C)CCN2Cc2ccc(SC)cc2)c1. The molecule has 0 spiro atoms. The topological polar surface area (TPSA) is 50.8 Å². The van der Waals surface area contributed by atoms with Gasteiger partial charge in [0.1, 0.15) is 11.5 Å². The number of nitrogens with zero attached hydrogens (tertiary/aromatic N) is 1. The minimum atomic E-state index is -0.535. The van der Waals surface area contributed by atoms with E-state index in [1.54, 1.807) is 38.1 Å². The van der Waals surface area contributed by atoms with E-state index in [-0.39, 0.29) is 5.91 Å². The van der Waals surface area contributed by atoms with E-state index >= 15 is 0 Å². The van der Waals surface area contributed by atoms with E-state index < -0.39 is 5.54 Å². The van der Waals surface area contributed by atoms with Gasteiger partial charge in [-0.3, -0.25) is 9.69 Å². The maximum absolute atomic E-state index is 13.0. The van der Waals surface area contributed by atoms with Crippen LogP contribution in [0.3, 0.4) is 0 Å². The van der Waals surface area contributed by atoms with Crippen LogP contribution in [0.4, 0.5) is 5.69 Å². The Labute approximate surface area is 165 Å². The lowest BCUT2D eigenvalue weighted by Crippen LogP contribution is -2.63. The number of nitrogens with one attached hydrogen (secondary N) is 1. The zero-order valence-corrected chi connectivity index (χ0v) is 17.1. The lowest BCUT2D eigenvalue weighted by atomic mass is 9.85. The summed E-state index contributed by atoms with van der Waals surface area (Å²) in [5.41, 5.74) is 1.30. The van der Waals surface area contributed by atoms with Crippen LogP contribution in [0, 0.1) is 0 Å². The van der Waals surface area contributed by atoms with Gasteiger partial charge in [-0.2, -0.15) is 0 Å². The Morgan fingerprint density at radius 1 is 1.19 bits per heavy atom. The van der Waals surface area contributed by atoms with Gasteiger partial charge in [-0.25, -0.2) is 0 Å². The predicted molar refractivity (Wildman–Crippen MR) is 110 cm³/mol. The first-order valence-corrected chi connectivity index (χ1v) is 10.1. The molecule has 1 aliphatic rings. The first kappa shape index (κ1) is 19.6. The highest BCUT2D eigenvalue weighted by Crippen LogP contribution is 2.35. The zero-order valence-electron chi connectivity index (χ0n) is 16.2. The van der Waals surface area contributed by atoms with Crippen LogP contribution in [-0.2, 0) is 11.3 Å².